The molecule has 7 heteroatoms. The molecule has 112 valence electrons. The first-order chi connectivity index (χ1) is 10.6. The maximum Gasteiger partial charge on any atom is 0.273 e. The van der Waals surface area contributed by atoms with Gasteiger partial charge in [0.1, 0.15) is 11.5 Å². The number of carbonyl (C=O) groups is 1. The van der Waals surface area contributed by atoms with Crippen LogP contribution in [0.15, 0.2) is 42.7 Å². The van der Waals surface area contributed by atoms with Gasteiger partial charge in [-0.25, -0.2) is 9.37 Å². The van der Waals surface area contributed by atoms with Crippen molar-refractivity contribution < 1.29 is 9.18 Å². The van der Waals surface area contributed by atoms with Crippen LogP contribution in [0.5, 0.6) is 0 Å². The molecule has 2 heterocycles. The Balaban J connectivity index is 1.66. The van der Waals surface area contributed by atoms with Crippen LogP contribution in [0.4, 0.5) is 9.52 Å². The summed E-state index contributed by atoms with van der Waals surface area (Å²) in [6.45, 7) is 0. The lowest BCUT2D eigenvalue weighted by molar-refractivity contribution is 0.102. The summed E-state index contributed by atoms with van der Waals surface area (Å²) in [4.78, 5) is 19.9. The van der Waals surface area contributed by atoms with E-state index in [1.165, 1.54) is 29.7 Å². The number of nitrogens with zero attached hydrogens (tertiary/aromatic N) is 1. The van der Waals surface area contributed by atoms with Gasteiger partial charge in [0, 0.05) is 23.7 Å². The highest BCUT2D eigenvalue weighted by Gasteiger charge is 2.11. The minimum atomic E-state index is -0.297. The summed E-state index contributed by atoms with van der Waals surface area (Å²) < 4.78 is 12.9. The third-order valence-electron chi connectivity index (χ3n) is 2.96. The molecule has 22 heavy (non-hydrogen) atoms. The number of halogens is 2. The minimum absolute atomic E-state index is 0.259. The molecular weight excluding hydrogens is 325 g/mol. The fraction of sp³-hybridized carbons (Fsp3) is 0.0667. The molecule has 2 aromatic heterocycles. The number of aromatic amines is 1. The predicted octanol–water partition coefficient (Wildman–Crippen LogP) is 4.11. The van der Waals surface area contributed by atoms with Crippen LogP contribution in [-0.2, 0) is 6.42 Å². The Bertz CT molecular complexity index is 797. The quantitative estimate of drug-likeness (QED) is 0.754. The van der Waals surface area contributed by atoms with Crippen molar-refractivity contribution in [3.05, 3.63) is 69.7 Å². The van der Waals surface area contributed by atoms with E-state index in [0.29, 0.717) is 22.3 Å². The second-order valence-corrected chi connectivity index (χ2v) is 6.17. The van der Waals surface area contributed by atoms with E-state index < -0.39 is 0 Å². The van der Waals surface area contributed by atoms with Crippen molar-refractivity contribution in [1.82, 2.24) is 9.97 Å². The molecule has 0 aliphatic heterocycles. The van der Waals surface area contributed by atoms with Crippen molar-refractivity contribution in [3.8, 4) is 0 Å². The maximum atomic E-state index is 12.9. The molecule has 1 amide bonds. The maximum absolute atomic E-state index is 12.9. The second kappa shape index (κ2) is 6.29. The molecule has 0 unspecified atom stereocenters. The fourth-order valence-electron chi connectivity index (χ4n) is 1.91. The summed E-state index contributed by atoms with van der Waals surface area (Å²) in [6.07, 6.45) is 3.88. The van der Waals surface area contributed by atoms with E-state index in [2.05, 4.69) is 15.3 Å². The summed E-state index contributed by atoms with van der Waals surface area (Å²) in [5, 5.41) is 3.69. The number of anilines is 1. The number of thiazole rings is 1. The van der Waals surface area contributed by atoms with E-state index in [0.717, 1.165) is 10.4 Å². The topological polar surface area (TPSA) is 57.8 Å². The van der Waals surface area contributed by atoms with E-state index in [1.54, 1.807) is 24.4 Å². The van der Waals surface area contributed by atoms with Crippen molar-refractivity contribution in [3.63, 3.8) is 0 Å². The van der Waals surface area contributed by atoms with Crippen LogP contribution in [0.1, 0.15) is 20.9 Å². The normalized spacial score (nSPS) is 10.6. The van der Waals surface area contributed by atoms with Gasteiger partial charge in [-0.2, -0.15) is 0 Å². The van der Waals surface area contributed by atoms with E-state index in [-0.39, 0.29) is 11.7 Å². The van der Waals surface area contributed by atoms with Crippen molar-refractivity contribution in [2.45, 2.75) is 6.42 Å². The molecular formula is C15H11ClFN3OS. The Kier molecular flexibility index (Phi) is 4.22. The number of rotatable bonds is 4. The molecule has 2 N–H and O–H groups in total. The molecule has 0 fully saturated rings. The van der Waals surface area contributed by atoms with Crippen LogP contribution in [0.2, 0.25) is 5.02 Å². The molecule has 0 bridgehead atoms. The Morgan fingerprint density at radius 1 is 1.36 bits per heavy atom. The Hall–Kier alpha value is -2.18. The van der Waals surface area contributed by atoms with Gasteiger partial charge >= 0.3 is 0 Å². The second-order valence-electron chi connectivity index (χ2n) is 4.62. The molecule has 0 radical (unpaired) electrons. The number of amides is 1. The summed E-state index contributed by atoms with van der Waals surface area (Å²) in [5.74, 6) is -0.555. The number of benzene rings is 1. The fourth-order valence-corrected chi connectivity index (χ4v) is 2.92. The Morgan fingerprint density at radius 2 is 2.14 bits per heavy atom. The molecule has 1 aromatic carbocycles. The molecule has 3 rings (SSSR count). The Morgan fingerprint density at radius 3 is 2.82 bits per heavy atom. The highest BCUT2D eigenvalue weighted by Crippen LogP contribution is 2.22. The molecule has 0 aliphatic carbocycles. The van der Waals surface area contributed by atoms with Gasteiger partial charge in [-0.15, -0.1) is 11.3 Å². The zero-order valence-electron chi connectivity index (χ0n) is 11.3. The average molecular weight is 336 g/mol. The van der Waals surface area contributed by atoms with E-state index >= 15 is 0 Å². The van der Waals surface area contributed by atoms with Crippen LogP contribution >= 0.6 is 22.9 Å². The number of H-pyrrole nitrogens is 1. The first-order valence-electron chi connectivity index (χ1n) is 6.44. The monoisotopic (exact) mass is 335 g/mol. The largest absolute Gasteiger partial charge is 0.356 e. The van der Waals surface area contributed by atoms with Gasteiger partial charge in [0.25, 0.3) is 5.91 Å². The summed E-state index contributed by atoms with van der Waals surface area (Å²) in [5.41, 5.74) is 1.36. The molecule has 0 saturated carbocycles. The van der Waals surface area contributed by atoms with Gasteiger partial charge in [-0.3, -0.25) is 10.1 Å². The zero-order valence-corrected chi connectivity index (χ0v) is 12.8. The number of aromatic nitrogens is 2. The Labute approximate surface area is 135 Å². The smallest absolute Gasteiger partial charge is 0.273 e. The molecule has 0 spiro atoms. The average Bonchev–Trinajstić information content (AvgIpc) is 3.11. The van der Waals surface area contributed by atoms with Gasteiger partial charge in [-0.1, -0.05) is 23.7 Å². The van der Waals surface area contributed by atoms with Crippen molar-refractivity contribution in [2.75, 3.05) is 5.32 Å². The molecule has 0 saturated heterocycles. The molecule has 4 nitrogen and oxygen atoms in total. The lowest BCUT2D eigenvalue weighted by Gasteiger charge is -1.99. The van der Waals surface area contributed by atoms with Crippen molar-refractivity contribution in [1.29, 1.82) is 0 Å². The highest BCUT2D eigenvalue weighted by atomic mass is 35.5. The predicted molar refractivity (Wildman–Crippen MR) is 85.1 cm³/mol. The summed E-state index contributed by atoms with van der Waals surface area (Å²) in [6, 6.07) is 7.86. The van der Waals surface area contributed by atoms with Crippen LogP contribution in [0.3, 0.4) is 0 Å². The van der Waals surface area contributed by atoms with Gasteiger partial charge < -0.3 is 4.98 Å². The number of hydrogen-bond acceptors (Lipinski definition) is 3. The first-order valence-corrected chi connectivity index (χ1v) is 7.64. The van der Waals surface area contributed by atoms with Gasteiger partial charge in [0.15, 0.2) is 5.13 Å². The van der Waals surface area contributed by atoms with Crippen LogP contribution < -0.4 is 5.32 Å². The van der Waals surface area contributed by atoms with E-state index in [9.17, 15) is 9.18 Å². The van der Waals surface area contributed by atoms with Gasteiger partial charge in [0.2, 0.25) is 0 Å². The van der Waals surface area contributed by atoms with E-state index in [4.69, 9.17) is 11.6 Å². The highest BCUT2D eigenvalue weighted by molar-refractivity contribution is 7.15. The van der Waals surface area contributed by atoms with Crippen LogP contribution in [0, 0.1) is 5.82 Å². The van der Waals surface area contributed by atoms with Crippen molar-refractivity contribution in [2.24, 2.45) is 0 Å². The van der Waals surface area contributed by atoms with Gasteiger partial charge in [-0.05, 0) is 23.8 Å². The molecule has 3 aromatic rings. The standard InChI is InChI=1S/C15H11ClFN3OS/c16-10-6-13(18-7-10)14(21)20-15-19-8-12(22-15)5-9-1-3-11(17)4-2-9/h1-4,6-8,18H,5H2,(H,19,20,21). The van der Waals surface area contributed by atoms with Crippen LogP contribution in [0.25, 0.3) is 0 Å². The molecule has 0 atom stereocenters. The van der Waals surface area contributed by atoms with E-state index in [1.807, 2.05) is 0 Å². The number of nitrogens with one attached hydrogen (secondary N) is 2. The lowest BCUT2D eigenvalue weighted by Crippen LogP contribution is -2.11. The molecule has 0 aliphatic rings. The lowest BCUT2D eigenvalue weighted by atomic mass is 10.1. The first kappa shape index (κ1) is 14.7. The minimum Gasteiger partial charge on any atom is -0.356 e. The van der Waals surface area contributed by atoms with Gasteiger partial charge in [0.05, 0.1) is 5.02 Å². The number of carbonyl (C=O) groups excluding carboxylic acids is 1. The SMILES string of the molecule is O=C(Nc1ncc(Cc2ccc(F)cc2)s1)c1cc(Cl)c[nH]1. The van der Waals surface area contributed by atoms with Crippen molar-refractivity contribution >= 4 is 34.0 Å². The zero-order chi connectivity index (χ0) is 15.5. The third-order valence-corrected chi connectivity index (χ3v) is 4.09. The third kappa shape index (κ3) is 3.52. The van der Waals surface area contributed by atoms with Crippen LogP contribution in [-0.4, -0.2) is 15.9 Å². The summed E-state index contributed by atoms with van der Waals surface area (Å²) in [7, 11) is 0. The number of hydrogen-bond donors (Lipinski definition) is 2. The summed E-state index contributed by atoms with van der Waals surface area (Å²) >= 11 is 7.14.